The molecule has 5 nitrogen and oxygen atoms in total. The number of amides is 1. The Morgan fingerprint density at radius 1 is 1.32 bits per heavy atom. The zero-order valence-corrected chi connectivity index (χ0v) is 12.6. The quantitative estimate of drug-likeness (QED) is 0.816. The van der Waals surface area contributed by atoms with E-state index in [9.17, 15) is 13.2 Å². The van der Waals surface area contributed by atoms with Gasteiger partial charge in [-0.25, -0.2) is 8.42 Å². The second-order valence-corrected chi connectivity index (χ2v) is 8.07. The predicted octanol–water partition coefficient (Wildman–Crippen LogP) is 0.902. The van der Waals surface area contributed by atoms with E-state index >= 15 is 0 Å². The average Bonchev–Trinajstić information content (AvgIpc) is 2.96. The molecule has 0 aromatic rings. The molecule has 1 spiro atoms. The Hall–Kier alpha value is -0.620. The maximum absolute atomic E-state index is 12.6. The van der Waals surface area contributed by atoms with Crippen molar-refractivity contribution < 1.29 is 13.2 Å². The van der Waals surface area contributed by atoms with Crippen LogP contribution in [0.1, 0.15) is 46.0 Å². The first-order valence-corrected chi connectivity index (χ1v) is 9.05. The van der Waals surface area contributed by atoms with E-state index in [1.165, 1.54) is 0 Å². The van der Waals surface area contributed by atoms with Crippen LogP contribution in [0.2, 0.25) is 0 Å². The summed E-state index contributed by atoms with van der Waals surface area (Å²) in [6, 6.07) is 0. The van der Waals surface area contributed by atoms with Crippen molar-refractivity contribution in [2.45, 2.75) is 57.7 Å². The number of carbonyl (C=O) groups is 1. The minimum Gasteiger partial charge on any atom is -0.325 e. The second-order valence-electron chi connectivity index (χ2n) is 5.59. The van der Waals surface area contributed by atoms with Crippen LogP contribution in [0.3, 0.4) is 0 Å². The van der Waals surface area contributed by atoms with Gasteiger partial charge in [-0.15, -0.1) is 0 Å². The number of hydrogen-bond donors (Lipinski definition) is 1. The lowest BCUT2D eigenvalue weighted by Gasteiger charge is -2.23. The molecule has 1 aliphatic carbocycles. The summed E-state index contributed by atoms with van der Waals surface area (Å²) < 4.78 is 23.2. The molecular weight excluding hydrogens is 264 g/mol. The fourth-order valence-corrected chi connectivity index (χ4v) is 3.94. The van der Waals surface area contributed by atoms with E-state index in [0.29, 0.717) is 6.54 Å². The zero-order chi connectivity index (χ0) is 14.1. The number of sulfone groups is 1. The minimum absolute atomic E-state index is 0.00217. The maximum Gasteiger partial charge on any atom is 0.244 e. The molecule has 1 saturated heterocycles. The van der Waals surface area contributed by atoms with E-state index in [-0.39, 0.29) is 23.6 Å². The lowest BCUT2D eigenvalue weighted by atomic mass is 9.98. The molecule has 1 atom stereocenters. The highest BCUT2D eigenvalue weighted by atomic mass is 32.2. The summed E-state index contributed by atoms with van der Waals surface area (Å²) in [6.07, 6.45) is 4.75. The Bertz CT molecular complexity index is 441. The van der Waals surface area contributed by atoms with Crippen LogP contribution in [0, 0.1) is 0 Å². The zero-order valence-electron chi connectivity index (χ0n) is 11.8. The van der Waals surface area contributed by atoms with E-state index in [1.807, 2.05) is 6.92 Å². The topological polar surface area (TPSA) is 66.5 Å². The van der Waals surface area contributed by atoms with E-state index < -0.39 is 15.4 Å². The molecule has 0 aromatic heterocycles. The van der Waals surface area contributed by atoms with Gasteiger partial charge in [-0.3, -0.25) is 10.1 Å². The average molecular weight is 288 g/mol. The molecule has 1 heterocycles. The number of nitrogens with one attached hydrogen (secondary N) is 1. The third-order valence-electron chi connectivity index (χ3n) is 4.42. The molecule has 2 aliphatic rings. The smallest absolute Gasteiger partial charge is 0.244 e. The summed E-state index contributed by atoms with van der Waals surface area (Å²) in [4.78, 5) is 14.3. The van der Waals surface area contributed by atoms with Crippen LogP contribution >= 0.6 is 0 Å². The first-order chi connectivity index (χ1) is 8.94. The van der Waals surface area contributed by atoms with Crippen molar-refractivity contribution in [3.05, 3.63) is 0 Å². The van der Waals surface area contributed by atoms with Crippen molar-refractivity contribution in [2.24, 2.45) is 0 Å². The van der Waals surface area contributed by atoms with E-state index in [2.05, 4.69) is 5.32 Å². The minimum atomic E-state index is -3.02. The highest BCUT2D eigenvalue weighted by Crippen LogP contribution is 2.36. The molecule has 0 aromatic carbocycles. The normalized spacial score (nSPS) is 26.5. The molecule has 1 aliphatic heterocycles. The van der Waals surface area contributed by atoms with Crippen molar-refractivity contribution in [3.63, 3.8) is 0 Å². The lowest BCUT2D eigenvalue weighted by molar-refractivity contribution is -0.132. The third kappa shape index (κ3) is 2.79. The van der Waals surface area contributed by atoms with Gasteiger partial charge < -0.3 is 4.90 Å². The van der Waals surface area contributed by atoms with Crippen molar-refractivity contribution in [1.82, 2.24) is 10.2 Å². The van der Waals surface area contributed by atoms with Gasteiger partial charge in [0.2, 0.25) is 5.91 Å². The number of hydrogen-bond acceptors (Lipinski definition) is 4. The van der Waals surface area contributed by atoms with E-state index in [0.717, 1.165) is 32.1 Å². The Labute approximate surface area is 115 Å². The van der Waals surface area contributed by atoms with Crippen LogP contribution < -0.4 is 5.32 Å². The van der Waals surface area contributed by atoms with E-state index in [1.54, 1.807) is 11.8 Å². The second kappa shape index (κ2) is 5.40. The molecule has 1 amide bonds. The van der Waals surface area contributed by atoms with Crippen molar-refractivity contribution in [3.8, 4) is 0 Å². The molecule has 1 N–H and O–H groups in total. The summed E-state index contributed by atoms with van der Waals surface area (Å²) in [5.74, 6) is 0.330. The summed E-state index contributed by atoms with van der Waals surface area (Å²) in [6.45, 7) is 4.00. The van der Waals surface area contributed by atoms with Crippen molar-refractivity contribution >= 4 is 15.7 Å². The van der Waals surface area contributed by atoms with Gasteiger partial charge in [0.05, 0.1) is 17.5 Å². The monoisotopic (exact) mass is 288 g/mol. The van der Waals surface area contributed by atoms with Crippen LogP contribution in [-0.2, 0) is 14.6 Å². The number of nitrogens with zero attached hydrogens (tertiary/aromatic N) is 1. The molecule has 0 radical (unpaired) electrons. The van der Waals surface area contributed by atoms with Crippen LogP contribution in [0.25, 0.3) is 0 Å². The molecular formula is C13H24N2O3S. The Morgan fingerprint density at radius 2 is 1.95 bits per heavy atom. The van der Waals surface area contributed by atoms with Gasteiger partial charge in [-0.2, -0.15) is 0 Å². The van der Waals surface area contributed by atoms with Gasteiger partial charge >= 0.3 is 0 Å². The first kappa shape index (κ1) is 14.8. The first-order valence-electron chi connectivity index (χ1n) is 7.23. The molecule has 1 saturated carbocycles. The molecule has 0 bridgehead atoms. The van der Waals surface area contributed by atoms with Gasteiger partial charge in [0.1, 0.15) is 0 Å². The van der Waals surface area contributed by atoms with Crippen LogP contribution in [-0.4, -0.2) is 49.0 Å². The molecule has 19 heavy (non-hydrogen) atoms. The largest absolute Gasteiger partial charge is 0.325 e. The lowest BCUT2D eigenvalue weighted by Crippen LogP contribution is -2.44. The van der Waals surface area contributed by atoms with Crippen LogP contribution in [0.15, 0.2) is 0 Å². The van der Waals surface area contributed by atoms with E-state index in [4.69, 9.17) is 0 Å². The number of carbonyl (C=O) groups excluding carboxylic acids is 1. The maximum atomic E-state index is 12.6. The fraction of sp³-hybridized carbons (Fsp3) is 0.923. The Kier molecular flexibility index (Phi) is 4.20. The third-order valence-corrected chi connectivity index (χ3v) is 6.10. The Morgan fingerprint density at radius 3 is 2.47 bits per heavy atom. The summed E-state index contributed by atoms with van der Waals surface area (Å²) in [5, 5.41) is 3.45. The van der Waals surface area contributed by atoms with Gasteiger partial charge in [0.15, 0.2) is 9.84 Å². The van der Waals surface area contributed by atoms with Crippen LogP contribution in [0.4, 0.5) is 0 Å². The summed E-state index contributed by atoms with van der Waals surface area (Å²) in [7, 11) is -3.02. The molecule has 110 valence electrons. The van der Waals surface area contributed by atoms with Crippen LogP contribution in [0.5, 0.6) is 0 Å². The molecule has 1 unspecified atom stereocenters. The van der Waals surface area contributed by atoms with Gasteiger partial charge in [-0.1, -0.05) is 26.7 Å². The van der Waals surface area contributed by atoms with Crippen molar-refractivity contribution in [1.29, 1.82) is 0 Å². The highest BCUT2D eigenvalue weighted by molar-refractivity contribution is 7.91. The molecule has 2 rings (SSSR count). The molecule has 6 heteroatoms. The molecule has 2 fully saturated rings. The number of rotatable bonds is 5. The fourth-order valence-electron chi connectivity index (χ4n) is 3.17. The van der Waals surface area contributed by atoms with Gasteiger partial charge in [0, 0.05) is 12.3 Å². The summed E-state index contributed by atoms with van der Waals surface area (Å²) >= 11 is 0. The highest BCUT2D eigenvalue weighted by Gasteiger charge is 2.51. The Balaban J connectivity index is 2.08. The van der Waals surface area contributed by atoms with Crippen molar-refractivity contribution in [2.75, 3.05) is 18.1 Å². The summed E-state index contributed by atoms with van der Waals surface area (Å²) in [5.41, 5.74) is -0.392. The van der Waals surface area contributed by atoms with Gasteiger partial charge in [-0.05, 0) is 19.3 Å². The van der Waals surface area contributed by atoms with Gasteiger partial charge in [0.25, 0.3) is 0 Å². The standard InChI is InChI=1S/C13H24N2O3S/c1-3-11-14-13(7-5-6-8-13)12(16)15(11)9-10-19(17,18)4-2/h11,14H,3-10H2,1-2H3. The SMILES string of the molecule is CCC1NC2(CCCC2)C(=O)N1CCS(=O)(=O)CC. The predicted molar refractivity (Wildman–Crippen MR) is 74.5 cm³/mol.